The Balaban J connectivity index is 1.94. The van der Waals surface area contributed by atoms with Crippen molar-refractivity contribution in [2.24, 2.45) is 0 Å². The van der Waals surface area contributed by atoms with Crippen molar-refractivity contribution in [3.63, 3.8) is 0 Å². The lowest BCUT2D eigenvalue weighted by atomic mass is 10.1. The Bertz CT molecular complexity index is 624. The maximum Gasteiger partial charge on any atom is 0.213 e. The standard InChI is InChI=1S/C18H21FN2O2/c1-21(2)16-8-5-14(6-9-16)3-4-15-7-10-18(20-12-15)23-13-17(22)11-19/h3-10,12,17,22H,11,13H2,1-2H3/b4-3+. The molecule has 0 aliphatic heterocycles. The number of halogens is 1. The van der Waals surface area contributed by atoms with Gasteiger partial charge in [0.2, 0.25) is 5.88 Å². The molecule has 0 spiro atoms. The minimum atomic E-state index is -1.11. The van der Waals surface area contributed by atoms with E-state index in [9.17, 15) is 4.39 Å². The van der Waals surface area contributed by atoms with Crippen LogP contribution in [0.4, 0.5) is 10.1 Å². The van der Waals surface area contributed by atoms with Crippen molar-refractivity contribution in [1.29, 1.82) is 0 Å². The average molecular weight is 316 g/mol. The third kappa shape index (κ3) is 5.38. The first-order valence-electron chi connectivity index (χ1n) is 7.37. The Morgan fingerprint density at radius 2 is 1.78 bits per heavy atom. The molecular formula is C18H21FN2O2. The number of hydrogen-bond donors (Lipinski definition) is 1. The van der Waals surface area contributed by atoms with Gasteiger partial charge in [0, 0.05) is 32.0 Å². The van der Waals surface area contributed by atoms with E-state index >= 15 is 0 Å². The maximum atomic E-state index is 12.1. The lowest BCUT2D eigenvalue weighted by Gasteiger charge is -2.11. The highest BCUT2D eigenvalue weighted by Crippen LogP contribution is 2.15. The van der Waals surface area contributed by atoms with E-state index in [1.807, 2.05) is 32.3 Å². The van der Waals surface area contributed by atoms with E-state index < -0.39 is 12.8 Å². The van der Waals surface area contributed by atoms with Crippen LogP contribution in [0.25, 0.3) is 12.2 Å². The lowest BCUT2D eigenvalue weighted by molar-refractivity contribution is 0.0821. The van der Waals surface area contributed by atoms with Gasteiger partial charge in [-0.15, -0.1) is 0 Å². The van der Waals surface area contributed by atoms with Crippen molar-refractivity contribution in [2.45, 2.75) is 6.10 Å². The van der Waals surface area contributed by atoms with E-state index in [4.69, 9.17) is 9.84 Å². The number of nitrogens with zero attached hydrogens (tertiary/aromatic N) is 2. The molecule has 2 aromatic rings. The van der Waals surface area contributed by atoms with Gasteiger partial charge < -0.3 is 14.7 Å². The second-order valence-corrected chi connectivity index (χ2v) is 5.37. The molecule has 1 atom stereocenters. The van der Waals surface area contributed by atoms with Gasteiger partial charge in [-0.3, -0.25) is 0 Å². The van der Waals surface area contributed by atoms with Gasteiger partial charge in [-0.25, -0.2) is 9.37 Å². The van der Waals surface area contributed by atoms with Crippen molar-refractivity contribution in [3.05, 3.63) is 53.7 Å². The fourth-order valence-corrected chi connectivity index (χ4v) is 1.88. The molecule has 0 aliphatic carbocycles. The highest BCUT2D eigenvalue weighted by Gasteiger charge is 2.04. The number of aliphatic hydroxyl groups is 1. The number of aromatic nitrogens is 1. The molecule has 1 aromatic carbocycles. The first-order valence-corrected chi connectivity index (χ1v) is 7.37. The molecule has 1 aromatic heterocycles. The Hall–Kier alpha value is -2.40. The van der Waals surface area contributed by atoms with Crippen molar-refractivity contribution >= 4 is 17.8 Å². The second-order valence-electron chi connectivity index (χ2n) is 5.37. The summed E-state index contributed by atoms with van der Waals surface area (Å²) in [6.07, 6.45) is 4.52. The Morgan fingerprint density at radius 3 is 2.35 bits per heavy atom. The van der Waals surface area contributed by atoms with E-state index in [1.165, 1.54) is 0 Å². The van der Waals surface area contributed by atoms with Crippen LogP contribution < -0.4 is 9.64 Å². The molecule has 0 radical (unpaired) electrons. The second kappa shape index (κ2) is 8.29. The van der Waals surface area contributed by atoms with Crippen LogP contribution >= 0.6 is 0 Å². The van der Waals surface area contributed by atoms with Gasteiger partial charge in [-0.1, -0.05) is 24.3 Å². The number of ether oxygens (including phenoxy) is 1. The summed E-state index contributed by atoms with van der Waals surface area (Å²) in [6, 6.07) is 11.8. The number of hydrogen-bond acceptors (Lipinski definition) is 4. The fourth-order valence-electron chi connectivity index (χ4n) is 1.88. The third-order valence-electron chi connectivity index (χ3n) is 3.24. The Morgan fingerprint density at radius 1 is 1.13 bits per heavy atom. The summed E-state index contributed by atoms with van der Waals surface area (Å²) < 4.78 is 17.3. The normalized spacial score (nSPS) is 12.3. The molecule has 122 valence electrons. The maximum absolute atomic E-state index is 12.1. The monoisotopic (exact) mass is 316 g/mol. The van der Waals surface area contributed by atoms with Gasteiger partial charge in [-0.2, -0.15) is 0 Å². The topological polar surface area (TPSA) is 45.6 Å². The summed E-state index contributed by atoms with van der Waals surface area (Å²) >= 11 is 0. The molecule has 0 aliphatic rings. The highest BCUT2D eigenvalue weighted by molar-refractivity contribution is 5.70. The van der Waals surface area contributed by atoms with Crippen molar-refractivity contribution < 1.29 is 14.2 Å². The molecular weight excluding hydrogens is 295 g/mol. The van der Waals surface area contributed by atoms with Crippen LogP contribution in [0.15, 0.2) is 42.6 Å². The Kier molecular flexibility index (Phi) is 6.11. The summed E-state index contributed by atoms with van der Waals surface area (Å²) in [4.78, 5) is 6.17. The minimum absolute atomic E-state index is 0.100. The number of benzene rings is 1. The van der Waals surface area contributed by atoms with Gasteiger partial charge in [-0.05, 0) is 29.3 Å². The molecule has 1 heterocycles. The third-order valence-corrected chi connectivity index (χ3v) is 3.24. The summed E-state index contributed by atoms with van der Waals surface area (Å²) in [5, 5.41) is 9.10. The molecule has 2 rings (SSSR count). The Labute approximate surface area is 135 Å². The van der Waals surface area contributed by atoms with Crippen LogP contribution in [0.3, 0.4) is 0 Å². The number of rotatable bonds is 7. The van der Waals surface area contributed by atoms with Crippen LogP contribution in [-0.2, 0) is 0 Å². The summed E-state index contributed by atoms with van der Waals surface area (Å²) in [5.74, 6) is 0.366. The molecule has 0 amide bonds. The first kappa shape index (κ1) is 17.0. The van der Waals surface area contributed by atoms with Gasteiger partial charge in [0.25, 0.3) is 0 Å². The number of aliphatic hydroxyl groups excluding tert-OH is 1. The fraction of sp³-hybridized carbons (Fsp3) is 0.278. The SMILES string of the molecule is CN(C)c1ccc(/C=C/c2ccc(OCC(O)CF)nc2)cc1. The molecule has 23 heavy (non-hydrogen) atoms. The zero-order valence-electron chi connectivity index (χ0n) is 13.3. The summed E-state index contributed by atoms with van der Waals surface area (Å²) in [7, 11) is 4.01. The van der Waals surface area contributed by atoms with E-state index in [1.54, 1.807) is 12.3 Å². The molecule has 1 N–H and O–H groups in total. The number of anilines is 1. The van der Waals surface area contributed by atoms with E-state index in [-0.39, 0.29) is 6.61 Å². The van der Waals surface area contributed by atoms with Crippen LogP contribution in [-0.4, -0.2) is 43.6 Å². The van der Waals surface area contributed by atoms with Crippen molar-refractivity contribution in [2.75, 3.05) is 32.3 Å². The van der Waals surface area contributed by atoms with Gasteiger partial charge >= 0.3 is 0 Å². The average Bonchev–Trinajstić information content (AvgIpc) is 2.59. The van der Waals surface area contributed by atoms with Crippen LogP contribution in [0.1, 0.15) is 11.1 Å². The van der Waals surface area contributed by atoms with Crippen LogP contribution in [0, 0.1) is 0 Å². The predicted octanol–water partition coefficient (Wildman–Crippen LogP) is 3.03. The van der Waals surface area contributed by atoms with Gasteiger partial charge in [0.05, 0.1) is 0 Å². The van der Waals surface area contributed by atoms with Gasteiger partial charge in [0.15, 0.2) is 0 Å². The van der Waals surface area contributed by atoms with Crippen molar-refractivity contribution in [1.82, 2.24) is 4.98 Å². The smallest absolute Gasteiger partial charge is 0.213 e. The molecule has 4 nitrogen and oxygen atoms in total. The molecule has 0 saturated carbocycles. The largest absolute Gasteiger partial charge is 0.475 e. The van der Waals surface area contributed by atoms with Crippen LogP contribution in [0.2, 0.25) is 0 Å². The van der Waals surface area contributed by atoms with Crippen molar-refractivity contribution in [3.8, 4) is 5.88 Å². The number of alkyl halides is 1. The quantitative estimate of drug-likeness (QED) is 0.853. The molecule has 5 heteroatoms. The zero-order valence-corrected chi connectivity index (χ0v) is 13.3. The zero-order chi connectivity index (χ0) is 16.7. The van der Waals surface area contributed by atoms with Gasteiger partial charge in [0.1, 0.15) is 19.4 Å². The highest BCUT2D eigenvalue weighted by atomic mass is 19.1. The summed E-state index contributed by atoms with van der Waals surface area (Å²) in [6.45, 7) is -0.926. The van der Waals surface area contributed by atoms with E-state index in [2.05, 4.69) is 34.1 Å². The molecule has 0 fully saturated rings. The molecule has 0 saturated heterocycles. The lowest BCUT2D eigenvalue weighted by Crippen LogP contribution is -2.19. The van der Waals surface area contributed by atoms with E-state index in [0.717, 1.165) is 16.8 Å². The number of pyridine rings is 1. The minimum Gasteiger partial charge on any atom is -0.475 e. The van der Waals surface area contributed by atoms with E-state index in [0.29, 0.717) is 5.88 Å². The molecule has 0 bridgehead atoms. The van der Waals surface area contributed by atoms with Crippen LogP contribution in [0.5, 0.6) is 5.88 Å². The first-order chi connectivity index (χ1) is 11.1. The summed E-state index contributed by atoms with van der Waals surface area (Å²) in [5.41, 5.74) is 3.18. The predicted molar refractivity (Wildman–Crippen MR) is 91.4 cm³/mol. The molecule has 1 unspecified atom stereocenters.